The first-order valence-corrected chi connectivity index (χ1v) is 10.2. The van der Waals surface area contributed by atoms with Gasteiger partial charge in [0.25, 0.3) is 11.5 Å². The van der Waals surface area contributed by atoms with Crippen molar-refractivity contribution in [3.63, 3.8) is 0 Å². The molecule has 1 fully saturated rings. The summed E-state index contributed by atoms with van der Waals surface area (Å²) in [6, 6.07) is 11.6. The number of thiophene rings is 1. The maximum absolute atomic E-state index is 13.2. The molecule has 0 aliphatic carbocycles. The molecular weight excluding hydrogens is 391 g/mol. The zero-order valence-corrected chi connectivity index (χ0v) is 16.2. The highest BCUT2D eigenvalue weighted by atomic mass is 32.1. The number of nitrogens with zero attached hydrogens (tertiary/aromatic N) is 4. The Bertz CT molecular complexity index is 1270. The topological polar surface area (TPSA) is 57.9 Å². The number of fused-ring (bicyclic) bond motifs is 2. The summed E-state index contributed by atoms with van der Waals surface area (Å²) < 4.78 is 15.2. The zero-order chi connectivity index (χ0) is 20.0. The molecule has 1 aromatic carbocycles. The van der Waals surface area contributed by atoms with Gasteiger partial charge < -0.3 is 9.80 Å². The van der Waals surface area contributed by atoms with Crippen LogP contribution in [0.3, 0.4) is 0 Å². The van der Waals surface area contributed by atoms with Crippen LogP contribution in [0.15, 0.2) is 58.8 Å². The maximum Gasteiger partial charge on any atom is 0.275 e. The third kappa shape index (κ3) is 3.05. The third-order valence-electron chi connectivity index (χ3n) is 5.24. The SMILES string of the molecule is O=C(c1cccn2c(=O)c3sccc3nc12)N1CCN(c2ccc(F)cc2)CC1. The molecule has 0 radical (unpaired) electrons. The van der Waals surface area contributed by atoms with Gasteiger partial charge in [-0.15, -0.1) is 11.3 Å². The first-order chi connectivity index (χ1) is 14.1. The van der Waals surface area contributed by atoms with Gasteiger partial charge >= 0.3 is 0 Å². The van der Waals surface area contributed by atoms with Crippen LogP contribution in [0, 0.1) is 5.82 Å². The number of rotatable bonds is 2. The predicted octanol–water partition coefficient (Wildman–Crippen LogP) is 3.01. The Hall–Kier alpha value is -3.26. The highest BCUT2D eigenvalue weighted by Gasteiger charge is 2.24. The monoisotopic (exact) mass is 408 g/mol. The number of carbonyl (C=O) groups is 1. The van der Waals surface area contributed by atoms with Gasteiger partial charge in [-0.1, -0.05) is 0 Å². The first-order valence-electron chi connectivity index (χ1n) is 9.30. The van der Waals surface area contributed by atoms with E-state index >= 15 is 0 Å². The lowest BCUT2D eigenvalue weighted by molar-refractivity contribution is 0.0748. The second-order valence-corrected chi connectivity index (χ2v) is 7.84. The quantitative estimate of drug-likeness (QED) is 0.512. The number of carbonyl (C=O) groups excluding carboxylic acids is 1. The van der Waals surface area contributed by atoms with Gasteiger partial charge in [0.05, 0.1) is 11.1 Å². The molecule has 4 aromatic rings. The molecule has 8 heteroatoms. The first kappa shape index (κ1) is 17.8. The van der Waals surface area contributed by atoms with E-state index in [9.17, 15) is 14.0 Å². The Morgan fingerprint density at radius 3 is 2.55 bits per heavy atom. The molecular formula is C21H17FN4O2S. The predicted molar refractivity (Wildman–Crippen MR) is 111 cm³/mol. The van der Waals surface area contributed by atoms with Crippen molar-refractivity contribution in [1.82, 2.24) is 14.3 Å². The highest BCUT2D eigenvalue weighted by molar-refractivity contribution is 7.17. The summed E-state index contributed by atoms with van der Waals surface area (Å²) in [4.78, 5) is 34.4. The minimum Gasteiger partial charge on any atom is -0.368 e. The minimum atomic E-state index is -0.263. The van der Waals surface area contributed by atoms with E-state index < -0.39 is 0 Å². The smallest absolute Gasteiger partial charge is 0.275 e. The Labute approximate surface area is 169 Å². The van der Waals surface area contributed by atoms with Crippen LogP contribution in [0.2, 0.25) is 0 Å². The molecule has 0 bridgehead atoms. The molecule has 0 N–H and O–H groups in total. The number of amides is 1. The number of pyridine rings is 1. The number of benzene rings is 1. The van der Waals surface area contributed by atoms with Crippen molar-refractivity contribution in [2.45, 2.75) is 0 Å². The fourth-order valence-electron chi connectivity index (χ4n) is 3.71. The van der Waals surface area contributed by atoms with E-state index in [-0.39, 0.29) is 17.3 Å². The van der Waals surface area contributed by atoms with Crippen LogP contribution in [-0.2, 0) is 0 Å². The standard InChI is InChI=1S/C21H17FN4O2S/c22-14-3-5-15(6-4-14)24-9-11-25(12-10-24)20(27)16-2-1-8-26-19(16)23-17-7-13-29-18(17)21(26)28/h1-8,13H,9-12H2. The van der Waals surface area contributed by atoms with E-state index in [0.717, 1.165) is 5.69 Å². The van der Waals surface area contributed by atoms with E-state index in [2.05, 4.69) is 9.88 Å². The van der Waals surface area contributed by atoms with Crippen LogP contribution in [0.4, 0.5) is 10.1 Å². The summed E-state index contributed by atoms with van der Waals surface area (Å²) >= 11 is 1.35. The fourth-order valence-corrected chi connectivity index (χ4v) is 4.48. The average Bonchev–Trinajstić information content (AvgIpc) is 3.23. The number of anilines is 1. The van der Waals surface area contributed by atoms with Crippen LogP contribution >= 0.6 is 11.3 Å². The van der Waals surface area contributed by atoms with Gasteiger partial charge in [0.2, 0.25) is 0 Å². The second-order valence-electron chi connectivity index (χ2n) is 6.92. The van der Waals surface area contributed by atoms with Crippen molar-refractivity contribution < 1.29 is 9.18 Å². The lowest BCUT2D eigenvalue weighted by atomic mass is 10.2. The maximum atomic E-state index is 13.2. The Kier molecular flexibility index (Phi) is 4.28. The normalized spacial score (nSPS) is 14.7. The average molecular weight is 408 g/mol. The second kappa shape index (κ2) is 6.97. The number of aromatic nitrogens is 2. The summed E-state index contributed by atoms with van der Waals surface area (Å²) in [7, 11) is 0. The van der Waals surface area contributed by atoms with E-state index in [1.807, 2.05) is 5.38 Å². The lowest BCUT2D eigenvalue weighted by Gasteiger charge is -2.36. The van der Waals surface area contributed by atoms with Gasteiger partial charge in [0, 0.05) is 38.1 Å². The molecule has 1 saturated heterocycles. The van der Waals surface area contributed by atoms with Gasteiger partial charge in [0.15, 0.2) is 5.65 Å². The molecule has 0 saturated carbocycles. The summed E-state index contributed by atoms with van der Waals surface area (Å²) in [5, 5.41) is 1.83. The lowest BCUT2D eigenvalue weighted by Crippen LogP contribution is -2.49. The van der Waals surface area contributed by atoms with Crippen LogP contribution in [0.5, 0.6) is 0 Å². The number of hydrogen-bond acceptors (Lipinski definition) is 5. The van der Waals surface area contributed by atoms with Gasteiger partial charge in [0.1, 0.15) is 10.5 Å². The molecule has 6 nitrogen and oxygen atoms in total. The number of hydrogen-bond donors (Lipinski definition) is 0. The van der Waals surface area contributed by atoms with E-state index in [1.54, 1.807) is 41.4 Å². The van der Waals surface area contributed by atoms with Gasteiger partial charge in [-0.25, -0.2) is 9.37 Å². The Balaban J connectivity index is 1.43. The van der Waals surface area contributed by atoms with Gasteiger partial charge in [-0.2, -0.15) is 0 Å². The van der Waals surface area contributed by atoms with Crippen molar-refractivity contribution in [3.8, 4) is 0 Å². The van der Waals surface area contributed by atoms with E-state index in [1.165, 1.54) is 27.9 Å². The molecule has 1 aliphatic heterocycles. The molecule has 5 rings (SSSR count). The van der Waals surface area contributed by atoms with Crippen molar-refractivity contribution >= 4 is 38.8 Å². The zero-order valence-electron chi connectivity index (χ0n) is 15.4. The van der Waals surface area contributed by atoms with Crippen LogP contribution < -0.4 is 10.5 Å². The van der Waals surface area contributed by atoms with Crippen molar-refractivity contribution in [2.24, 2.45) is 0 Å². The summed E-state index contributed by atoms with van der Waals surface area (Å²) in [6.45, 7) is 2.40. The third-order valence-corrected chi connectivity index (χ3v) is 6.13. The molecule has 4 heterocycles. The molecule has 29 heavy (non-hydrogen) atoms. The molecule has 146 valence electrons. The number of halogens is 1. The van der Waals surface area contributed by atoms with E-state index in [4.69, 9.17) is 0 Å². The van der Waals surface area contributed by atoms with Crippen LogP contribution in [-0.4, -0.2) is 46.4 Å². The molecule has 3 aromatic heterocycles. The molecule has 0 atom stereocenters. The molecule has 1 aliphatic rings. The van der Waals surface area contributed by atoms with E-state index in [0.29, 0.717) is 47.6 Å². The highest BCUT2D eigenvalue weighted by Crippen LogP contribution is 2.20. The van der Waals surface area contributed by atoms with Crippen molar-refractivity contribution in [2.75, 3.05) is 31.1 Å². The summed E-state index contributed by atoms with van der Waals surface area (Å²) in [5.74, 6) is -0.399. The summed E-state index contributed by atoms with van der Waals surface area (Å²) in [5.41, 5.74) is 2.20. The Morgan fingerprint density at radius 2 is 1.79 bits per heavy atom. The largest absolute Gasteiger partial charge is 0.368 e. The fraction of sp³-hybridized carbons (Fsp3) is 0.190. The van der Waals surface area contributed by atoms with Gasteiger partial charge in [-0.05, 0) is 47.8 Å². The van der Waals surface area contributed by atoms with Gasteiger partial charge in [-0.3, -0.25) is 14.0 Å². The Morgan fingerprint density at radius 1 is 1.03 bits per heavy atom. The van der Waals surface area contributed by atoms with Crippen molar-refractivity contribution in [3.05, 3.63) is 75.8 Å². The minimum absolute atomic E-state index is 0.136. The molecule has 0 spiro atoms. The molecule has 0 unspecified atom stereocenters. The number of piperazine rings is 1. The van der Waals surface area contributed by atoms with Crippen LogP contribution in [0.1, 0.15) is 10.4 Å². The molecule has 1 amide bonds. The van der Waals surface area contributed by atoms with Crippen molar-refractivity contribution in [1.29, 1.82) is 0 Å². The summed E-state index contributed by atoms with van der Waals surface area (Å²) in [6.07, 6.45) is 1.65. The van der Waals surface area contributed by atoms with Crippen LogP contribution in [0.25, 0.3) is 15.9 Å².